The molecular weight excluding hydrogens is 316 g/mol. The molecule has 0 unspecified atom stereocenters. The van der Waals surface area contributed by atoms with Gasteiger partial charge in [0.15, 0.2) is 17.4 Å². The Morgan fingerprint density at radius 3 is 3.21 bits per heavy atom. The van der Waals surface area contributed by atoms with E-state index in [2.05, 4.69) is 20.3 Å². The number of hydrogen-bond donors (Lipinski definition) is 4. The maximum atomic E-state index is 12.2. The molecule has 2 aliphatic heterocycles. The Balaban J connectivity index is 1.76. The van der Waals surface area contributed by atoms with Crippen LogP contribution >= 0.6 is 0 Å². The van der Waals surface area contributed by atoms with Crippen molar-refractivity contribution in [3.63, 3.8) is 0 Å². The molecule has 2 aromatic heterocycles. The van der Waals surface area contributed by atoms with Gasteiger partial charge in [-0.05, 0) is 13.8 Å². The van der Waals surface area contributed by atoms with Crippen LogP contribution in [0, 0.1) is 0 Å². The molecule has 5 atom stereocenters. The van der Waals surface area contributed by atoms with Gasteiger partial charge in [-0.1, -0.05) is 0 Å². The smallest absolute Gasteiger partial charge is 0.280 e. The predicted molar refractivity (Wildman–Crippen MR) is 84.6 cm³/mol. The minimum Gasteiger partial charge on any atom is -0.387 e. The largest absolute Gasteiger partial charge is 0.387 e. The number of hydrogen-bond acceptors (Lipinski definition) is 8. The van der Waals surface area contributed by atoms with Crippen LogP contribution in [0.2, 0.25) is 0 Å². The number of anilines is 1. The highest BCUT2D eigenvalue weighted by Crippen LogP contribution is 2.48. The summed E-state index contributed by atoms with van der Waals surface area (Å²) in [6, 6.07) is 0. The van der Waals surface area contributed by atoms with E-state index in [9.17, 15) is 9.90 Å². The standard InChI is InChI=1S/C14H20N6O4/c1-6-14(2)9(21)8(23-6)12(24-14)20-5-17-7-10(20)18-13(16-4-3-15)19-11(7)22/h5-6,8-9,12,21H,3-4,15H2,1-2H3,(H2,16,18,19,22)/t6-,8+,9-,12+,14-/m0/s1/i2D. The lowest BCUT2D eigenvalue weighted by atomic mass is 9.96. The normalized spacial score (nSPS) is 35.5. The third-order valence-corrected chi connectivity index (χ3v) is 4.63. The van der Waals surface area contributed by atoms with E-state index in [-0.39, 0.29) is 18.4 Å². The summed E-state index contributed by atoms with van der Waals surface area (Å²) in [7, 11) is 0. The molecule has 4 rings (SSSR count). The van der Waals surface area contributed by atoms with Crippen molar-refractivity contribution in [1.82, 2.24) is 19.5 Å². The topological polar surface area (TPSA) is 140 Å². The van der Waals surface area contributed by atoms with Crippen molar-refractivity contribution in [2.24, 2.45) is 5.73 Å². The van der Waals surface area contributed by atoms with Crippen molar-refractivity contribution < 1.29 is 16.0 Å². The van der Waals surface area contributed by atoms with Crippen molar-refractivity contribution in [2.75, 3.05) is 18.4 Å². The van der Waals surface area contributed by atoms with Crippen LogP contribution in [0.5, 0.6) is 0 Å². The zero-order valence-electron chi connectivity index (χ0n) is 14.1. The molecule has 130 valence electrons. The first kappa shape index (κ1) is 14.3. The van der Waals surface area contributed by atoms with Crippen LogP contribution < -0.4 is 16.6 Å². The molecule has 0 spiro atoms. The summed E-state index contributed by atoms with van der Waals surface area (Å²) in [5.41, 5.74) is 4.44. The predicted octanol–water partition coefficient (Wildman–Crippen LogP) is -1.07. The van der Waals surface area contributed by atoms with E-state index in [0.717, 1.165) is 0 Å². The lowest BCUT2D eigenvalue weighted by molar-refractivity contribution is -0.198. The molecule has 2 saturated heterocycles. The molecule has 0 saturated carbocycles. The molecule has 0 amide bonds. The van der Waals surface area contributed by atoms with Gasteiger partial charge >= 0.3 is 0 Å². The summed E-state index contributed by atoms with van der Waals surface area (Å²) in [6.07, 6.45) is -1.26. The minimum absolute atomic E-state index is 0.133. The number of aromatic amines is 1. The van der Waals surface area contributed by atoms with Crippen molar-refractivity contribution in [3.05, 3.63) is 16.7 Å². The monoisotopic (exact) mass is 337 g/mol. The van der Waals surface area contributed by atoms with Crippen LogP contribution in [0.3, 0.4) is 0 Å². The lowest BCUT2D eigenvalue weighted by Crippen LogP contribution is -2.42. The van der Waals surface area contributed by atoms with Crippen LogP contribution in [0.4, 0.5) is 5.95 Å². The number of nitrogens with two attached hydrogens (primary N) is 1. The van der Waals surface area contributed by atoms with E-state index < -0.39 is 35.7 Å². The number of nitrogens with one attached hydrogen (secondary N) is 2. The van der Waals surface area contributed by atoms with Gasteiger partial charge in [-0.15, -0.1) is 0 Å². The van der Waals surface area contributed by atoms with Gasteiger partial charge in [0.25, 0.3) is 5.56 Å². The van der Waals surface area contributed by atoms with Gasteiger partial charge in [-0.25, -0.2) is 4.98 Å². The Bertz CT molecular complexity index is 855. The fourth-order valence-electron chi connectivity index (χ4n) is 3.23. The lowest BCUT2D eigenvalue weighted by Gasteiger charge is -2.33. The van der Waals surface area contributed by atoms with E-state index in [4.69, 9.17) is 16.6 Å². The molecular formula is C14H20N6O4. The Morgan fingerprint density at radius 2 is 2.50 bits per heavy atom. The highest BCUT2D eigenvalue weighted by molar-refractivity contribution is 5.71. The van der Waals surface area contributed by atoms with Gasteiger partial charge < -0.3 is 25.6 Å². The number of aliphatic hydroxyl groups is 1. The Hall–Kier alpha value is -2.01. The summed E-state index contributed by atoms with van der Waals surface area (Å²) in [6.45, 7) is 2.48. The molecule has 2 aliphatic rings. The van der Waals surface area contributed by atoms with Crippen molar-refractivity contribution in [2.45, 2.75) is 44.0 Å². The quantitative estimate of drug-likeness (QED) is 0.552. The highest BCUT2D eigenvalue weighted by atomic mass is 16.7. The first-order chi connectivity index (χ1) is 12.0. The van der Waals surface area contributed by atoms with Crippen molar-refractivity contribution >= 4 is 17.1 Å². The zero-order chi connectivity index (χ0) is 17.8. The van der Waals surface area contributed by atoms with Crippen LogP contribution in [0.25, 0.3) is 11.2 Å². The molecule has 2 fully saturated rings. The third kappa shape index (κ3) is 2.00. The number of aliphatic hydroxyl groups excluding tert-OH is 1. The van der Waals surface area contributed by atoms with Gasteiger partial charge in [-0.2, -0.15) is 4.98 Å². The molecule has 5 N–H and O–H groups in total. The minimum atomic E-state index is -1.09. The fraction of sp³-hybridized carbons (Fsp3) is 0.643. The second kappa shape index (κ2) is 5.24. The van der Waals surface area contributed by atoms with Crippen LogP contribution in [-0.2, 0) is 9.47 Å². The Morgan fingerprint density at radius 1 is 1.67 bits per heavy atom. The van der Waals surface area contributed by atoms with Gasteiger partial charge in [0.05, 0.1) is 12.4 Å². The van der Waals surface area contributed by atoms with Crippen molar-refractivity contribution in [3.8, 4) is 0 Å². The average molecular weight is 337 g/mol. The van der Waals surface area contributed by atoms with E-state index in [1.54, 1.807) is 11.5 Å². The Labute approximate surface area is 138 Å². The second-order valence-electron chi connectivity index (χ2n) is 6.11. The molecule has 4 heterocycles. The number of aromatic nitrogens is 4. The molecule has 10 heteroatoms. The molecule has 10 nitrogen and oxygen atoms in total. The molecule has 2 aromatic rings. The van der Waals surface area contributed by atoms with E-state index >= 15 is 0 Å². The number of fused-ring (bicyclic) bond motifs is 3. The fourth-order valence-corrected chi connectivity index (χ4v) is 3.23. The maximum absolute atomic E-state index is 12.2. The van der Waals surface area contributed by atoms with Crippen LogP contribution in [-0.4, -0.2) is 61.6 Å². The summed E-state index contributed by atoms with van der Waals surface area (Å²) in [5, 5.41) is 13.4. The summed E-state index contributed by atoms with van der Waals surface area (Å²) >= 11 is 0. The van der Waals surface area contributed by atoms with Crippen LogP contribution in [0.15, 0.2) is 11.1 Å². The Kier molecular flexibility index (Phi) is 3.13. The third-order valence-electron chi connectivity index (χ3n) is 4.63. The summed E-state index contributed by atoms with van der Waals surface area (Å²) in [4.78, 5) is 23.3. The maximum Gasteiger partial charge on any atom is 0.280 e. The molecule has 0 radical (unpaired) electrons. The number of rotatable bonds is 4. The van der Waals surface area contributed by atoms with Gasteiger partial charge in [0.2, 0.25) is 5.95 Å². The number of ether oxygens (including phenoxy) is 2. The van der Waals surface area contributed by atoms with E-state index in [1.807, 2.05) is 0 Å². The highest BCUT2D eigenvalue weighted by Gasteiger charge is 2.63. The van der Waals surface area contributed by atoms with Gasteiger partial charge in [0, 0.05) is 14.5 Å². The summed E-state index contributed by atoms with van der Waals surface area (Å²) < 4.78 is 21.1. The van der Waals surface area contributed by atoms with Crippen LogP contribution in [0.1, 0.15) is 21.4 Å². The second-order valence-corrected chi connectivity index (χ2v) is 6.11. The molecule has 0 aromatic carbocycles. The molecule has 24 heavy (non-hydrogen) atoms. The zero-order valence-corrected chi connectivity index (χ0v) is 13.1. The van der Waals surface area contributed by atoms with E-state index in [0.29, 0.717) is 18.7 Å². The first-order valence-electron chi connectivity index (χ1n) is 8.44. The van der Waals surface area contributed by atoms with Gasteiger partial charge in [-0.3, -0.25) is 14.3 Å². The SMILES string of the molecule is [2H]C[C@]12O[C@@H](n3cnc4c(=O)[nH]c(NCCN)nc43)[C@H](O[C@H]1C)[C@@H]2O. The van der Waals surface area contributed by atoms with E-state index in [1.165, 1.54) is 6.33 Å². The molecule has 0 aliphatic carbocycles. The number of nitrogens with zero attached hydrogens (tertiary/aromatic N) is 3. The number of imidazole rings is 1. The van der Waals surface area contributed by atoms with Crippen molar-refractivity contribution in [1.29, 1.82) is 0 Å². The van der Waals surface area contributed by atoms with Gasteiger partial charge in [0.1, 0.15) is 17.8 Å². The summed E-state index contributed by atoms with van der Waals surface area (Å²) in [5.74, 6) is 0.276. The first-order valence-corrected chi connectivity index (χ1v) is 7.73. The molecule has 2 bridgehead atoms. The number of H-pyrrole nitrogens is 1. The average Bonchev–Trinajstić information content (AvgIpc) is 3.21.